The summed E-state index contributed by atoms with van der Waals surface area (Å²) < 4.78 is 23.9. The van der Waals surface area contributed by atoms with Crippen LogP contribution in [0.4, 0.5) is 4.39 Å². The summed E-state index contributed by atoms with van der Waals surface area (Å²) in [6.45, 7) is 0.393. The molecule has 2 N–H and O–H groups in total. The predicted molar refractivity (Wildman–Crippen MR) is 88.3 cm³/mol. The number of rotatable bonds is 3. The zero-order valence-electron chi connectivity index (χ0n) is 13.0. The molecule has 1 aliphatic rings. The van der Waals surface area contributed by atoms with Crippen molar-refractivity contribution in [3.63, 3.8) is 0 Å². The standard InChI is InChI=1S/C18H13FN2O4/c19-11-2-3-14-12(6-11)17(22)13(8-20-14)18(23)21-7-10-1-4-15-16(5-10)25-9-24-15/h1-6,8H,7,9H2,(H,20,22)(H,21,23). The first-order valence-electron chi connectivity index (χ1n) is 7.59. The number of hydrogen-bond donors (Lipinski definition) is 2. The Bertz CT molecular complexity index is 1040. The summed E-state index contributed by atoms with van der Waals surface area (Å²) in [5, 5.41) is 2.81. The van der Waals surface area contributed by atoms with Gasteiger partial charge in [-0.2, -0.15) is 0 Å². The molecule has 2 heterocycles. The first kappa shape index (κ1) is 15.2. The number of pyridine rings is 1. The Kier molecular flexibility index (Phi) is 3.61. The fraction of sp³-hybridized carbons (Fsp3) is 0.111. The Morgan fingerprint density at radius 2 is 2.00 bits per heavy atom. The fourth-order valence-electron chi connectivity index (χ4n) is 2.69. The number of aromatic amines is 1. The Morgan fingerprint density at radius 1 is 1.16 bits per heavy atom. The van der Waals surface area contributed by atoms with Crippen LogP contribution in [0, 0.1) is 5.82 Å². The summed E-state index contributed by atoms with van der Waals surface area (Å²) in [6.07, 6.45) is 1.33. The van der Waals surface area contributed by atoms with Crippen LogP contribution in [0.2, 0.25) is 0 Å². The van der Waals surface area contributed by atoms with Gasteiger partial charge >= 0.3 is 0 Å². The molecule has 1 amide bonds. The van der Waals surface area contributed by atoms with E-state index in [0.717, 1.165) is 11.6 Å². The lowest BCUT2D eigenvalue weighted by molar-refractivity contribution is 0.0949. The van der Waals surface area contributed by atoms with Crippen LogP contribution in [0.1, 0.15) is 15.9 Å². The van der Waals surface area contributed by atoms with E-state index in [0.29, 0.717) is 17.0 Å². The molecule has 25 heavy (non-hydrogen) atoms. The molecule has 0 atom stereocenters. The van der Waals surface area contributed by atoms with E-state index in [9.17, 15) is 14.0 Å². The number of fused-ring (bicyclic) bond motifs is 2. The lowest BCUT2D eigenvalue weighted by Crippen LogP contribution is -2.28. The van der Waals surface area contributed by atoms with Crippen LogP contribution < -0.4 is 20.2 Å². The Hall–Kier alpha value is -3.35. The minimum atomic E-state index is -0.537. The quantitative estimate of drug-likeness (QED) is 0.767. The summed E-state index contributed by atoms with van der Waals surface area (Å²) in [7, 11) is 0. The Balaban J connectivity index is 1.56. The third-order valence-electron chi connectivity index (χ3n) is 3.98. The largest absolute Gasteiger partial charge is 0.454 e. The molecule has 126 valence electrons. The van der Waals surface area contributed by atoms with Crippen molar-refractivity contribution in [1.29, 1.82) is 0 Å². The van der Waals surface area contributed by atoms with Gasteiger partial charge in [-0.25, -0.2) is 4.39 Å². The molecular formula is C18H13FN2O4. The van der Waals surface area contributed by atoms with Crippen molar-refractivity contribution >= 4 is 16.8 Å². The normalized spacial score (nSPS) is 12.4. The molecule has 1 aliphatic heterocycles. The number of benzene rings is 2. The highest BCUT2D eigenvalue weighted by Crippen LogP contribution is 2.32. The van der Waals surface area contributed by atoms with E-state index in [4.69, 9.17) is 9.47 Å². The van der Waals surface area contributed by atoms with Crippen molar-refractivity contribution in [2.45, 2.75) is 6.54 Å². The summed E-state index contributed by atoms with van der Waals surface area (Å²) in [6, 6.07) is 9.15. The second kappa shape index (κ2) is 5.94. The average Bonchev–Trinajstić information content (AvgIpc) is 3.08. The summed E-state index contributed by atoms with van der Waals surface area (Å²) >= 11 is 0. The summed E-state index contributed by atoms with van der Waals surface area (Å²) in [5.74, 6) is 0.204. The molecule has 1 aromatic heterocycles. The molecule has 0 spiro atoms. The van der Waals surface area contributed by atoms with Crippen LogP contribution in [-0.2, 0) is 6.54 Å². The topological polar surface area (TPSA) is 80.4 Å². The van der Waals surface area contributed by atoms with Crippen molar-refractivity contribution in [3.8, 4) is 11.5 Å². The summed E-state index contributed by atoms with van der Waals surface area (Å²) in [4.78, 5) is 27.6. The second-order valence-electron chi connectivity index (χ2n) is 5.59. The van der Waals surface area contributed by atoms with Gasteiger partial charge in [0.15, 0.2) is 11.5 Å². The van der Waals surface area contributed by atoms with E-state index in [1.807, 2.05) is 0 Å². The number of H-pyrrole nitrogens is 1. The number of carbonyl (C=O) groups excluding carboxylic acids is 1. The van der Waals surface area contributed by atoms with Gasteiger partial charge in [0.1, 0.15) is 11.4 Å². The van der Waals surface area contributed by atoms with Gasteiger partial charge in [0.2, 0.25) is 12.2 Å². The number of carbonyl (C=O) groups is 1. The molecule has 2 aromatic carbocycles. The molecule has 0 saturated heterocycles. The predicted octanol–water partition coefficient (Wildman–Crippen LogP) is 2.33. The molecule has 7 heteroatoms. The van der Waals surface area contributed by atoms with Gasteiger partial charge in [0.05, 0.1) is 0 Å². The zero-order valence-corrected chi connectivity index (χ0v) is 13.0. The van der Waals surface area contributed by atoms with E-state index in [1.165, 1.54) is 18.3 Å². The highest BCUT2D eigenvalue weighted by Gasteiger charge is 2.15. The van der Waals surface area contributed by atoms with E-state index >= 15 is 0 Å². The van der Waals surface area contributed by atoms with Gasteiger partial charge in [-0.1, -0.05) is 6.07 Å². The van der Waals surface area contributed by atoms with Gasteiger partial charge < -0.3 is 19.8 Å². The molecule has 4 rings (SSSR count). The molecule has 3 aromatic rings. The highest BCUT2D eigenvalue weighted by atomic mass is 19.1. The van der Waals surface area contributed by atoms with Crippen molar-refractivity contribution < 1.29 is 18.7 Å². The number of halogens is 1. The minimum Gasteiger partial charge on any atom is -0.454 e. The van der Waals surface area contributed by atoms with Crippen LogP contribution in [0.5, 0.6) is 11.5 Å². The molecule has 0 fully saturated rings. The van der Waals surface area contributed by atoms with E-state index in [-0.39, 0.29) is 24.3 Å². The van der Waals surface area contributed by atoms with E-state index < -0.39 is 17.2 Å². The number of hydrogen-bond acceptors (Lipinski definition) is 4. The Labute approximate surface area is 141 Å². The van der Waals surface area contributed by atoms with E-state index in [2.05, 4.69) is 10.3 Å². The monoisotopic (exact) mass is 340 g/mol. The fourth-order valence-corrected chi connectivity index (χ4v) is 2.69. The van der Waals surface area contributed by atoms with Crippen molar-refractivity contribution in [3.05, 3.63) is 69.8 Å². The highest BCUT2D eigenvalue weighted by molar-refractivity contribution is 5.97. The molecule has 0 bridgehead atoms. The van der Waals surface area contributed by atoms with Crippen LogP contribution in [0.25, 0.3) is 10.9 Å². The van der Waals surface area contributed by atoms with Crippen LogP contribution in [0.15, 0.2) is 47.4 Å². The first-order valence-corrected chi connectivity index (χ1v) is 7.59. The van der Waals surface area contributed by atoms with Gasteiger partial charge in [0, 0.05) is 23.6 Å². The zero-order chi connectivity index (χ0) is 17.4. The van der Waals surface area contributed by atoms with Gasteiger partial charge in [0.25, 0.3) is 5.91 Å². The van der Waals surface area contributed by atoms with Crippen LogP contribution in [-0.4, -0.2) is 17.7 Å². The number of nitrogens with one attached hydrogen (secondary N) is 2. The summed E-state index contributed by atoms with van der Waals surface area (Å²) in [5.41, 5.74) is 0.690. The smallest absolute Gasteiger partial charge is 0.257 e. The Morgan fingerprint density at radius 3 is 2.88 bits per heavy atom. The molecule has 0 saturated carbocycles. The van der Waals surface area contributed by atoms with Gasteiger partial charge in [-0.3, -0.25) is 9.59 Å². The van der Waals surface area contributed by atoms with Crippen molar-refractivity contribution in [2.75, 3.05) is 6.79 Å². The number of aromatic nitrogens is 1. The lowest BCUT2D eigenvalue weighted by atomic mass is 10.1. The molecule has 0 unspecified atom stereocenters. The minimum absolute atomic E-state index is 0.0705. The average molecular weight is 340 g/mol. The SMILES string of the molecule is O=C(NCc1ccc2c(c1)OCO2)c1c[nH]c2ccc(F)cc2c1=O. The van der Waals surface area contributed by atoms with Crippen LogP contribution in [0.3, 0.4) is 0 Å². The van der Waals surface area contributed by atoms with E-state index in [1.54, 1.807) is 18.2 Å². The van der Waals surface area contributed by atoms with Gasteiger partial charge in [-0.15, -0.1) is 0 Å². The maximum atomic E-state index is 13.4. The third kappa shape index (κ3) is 2.80. The van der Waals surface area contributed by atoms with Crippen molar-refractivity contribution in [2.24, 2.45) is 0 Å². The molecular weight excluding hydrogens is 327 g/mol. The second-order valence-corrected chi connectivity index (χ2v) is 5.59. The third-order valence-corrected chi connectivity index (χ3v) is 3.98. The molecule has 6 nitrogen and oxygen atoms in total. The van der Waals surface area contributed by atoms with Crippen molar-refractivity contribution in [1.82, 2.24) is 10.3 Å². The molecule has 0 aliphatic carbocycles. The number of ether oxygens (including phenoxy) is 2. The first-order chi connectivity index (χ1) is 12.1. The number of amides is 1. The maximum Gasteiger partial charge on any atom is 0.257 e. The lowest BCUT2D eigenvalue weighted by Gasteiger charge is -2.07. The van der Waals surface area contributed by atoms with Crippen LogP contribution >= 0.6 is 0 Å². The molecule has 0 radical (unpaired) electrons. The maximum absolute atomic E-state index is 13.4. The van der Waals surface area contributed by atoms with Gasteiger partial charge in [-0.05, 0) is 35.9 Å².